The number of rotatable bonds is 3. The van der Waals surface area contributed by atoms with Crippen molar-refractivity contribution in [1.29, 1.82) is 0 Å². The van der Waals surface area contributed by atoms with E-state index in [1.807, 2.05) is 0 Å². The lowest BCUT2D eigenvalue weighted by atomic mass is 10.1. The highest BCUT2D eigenvalue weighted by Crippen LogP contribution is 2.26. The van der Waals surface area contributed by atoms with Gasteiger partial charge in [-0.15, -0.1) is 0 Å². The Morgan fingerprint density at radius 3 is 2.50 bits per heavy atom. The topological polar surface area (TPSA) is 26.3 Å². The summed E-state index contributed by atoms with van der Waals surface area (Å²) < 4.78 is 28.3. The maximum atomic E-state index is 12.0. The molecule has 0 heterocycles. The van der Waals surface area contributed by atoms with Crippen molar-refractivity contribution in [1.82, 2.24) is 0 Å². The van der Waals surface area contributed by atoms with Gasteiger partial charge in [0, 0.05) is 0 Å². The van der Waals surface area contributed by atoms with E-state index in [0.29, 0.717) is 11.8 Å². The van der Waals surface area contributed by atoms with E-state index in [4.69, 9.17) is 0 Å². The van der Waals surface area contributed by atoms with Gasteiger partial charge in [0.1, 0.15) is 5.75 Å². The van der Waals surface area contributed by atoms with Gasteiger partial charge in [0.25, 0.3) is 0 Å². The number of hydrogen-bond donors (Lipinski definition) is 0. The molecular formula is C10H10F2O2. The summed E-state index contributed by atoms with van der Waals surface area (Å²) in [7, 11) is 0. The molecule has 0 aliphatic heterocycles. The zero-order valence-corrected chi connectivity index (χ0v) is 7.88. The van der Waals surface area contributed by atoms with Crippen molar-refractivity contribution in [3.8, 4) is 5.75 Å². The van der Waals surface area contributed by atoms with Crippen LogP contribution >= 0.6 is 0 Å². The smallest absolute Gasteiger partial charge is 0.387 e. The molecule has 1 aromatic carbocycles. The third-order valence-electron chi connectivity index (χ3n) is 2.04. The zero-order valence-electron chi connectivity index (χ0n) is 7.88. The average Bonchev–Trinajstić information content (AvgIpc) is 2.13. The molecule has 0 atom stereocenters. The Kier molecular flexibility index (Phi) is 3.17. The van der Waals surface area contributed by atoms with Crippen LogP contribution in [0.25, 0.3) is 0 Å². The third kappa shape index (κ3) is 2.07. The molecule has 0 aliphatic carbocycles. The van der Waals surface area contributed by atoms with Gasteiger partial charge in [-0.25, -0.2) is 0 Å². The molecular weight excluding hydrogens is 190 g/mol. The molecule has 0 radical (unpaired) electrons. The number of hydrogen-bond acceptors (Lipinski definition) is 2. The van der Waals surface area contributed by atoms with Gasteiger partial charge in [0.2, 0.25) is 0 Å². The molecule has 0 spiro atoms. The minimum absolute atomic E-state index is 0.0324. The second-order valence-corrected chi connectivity index (χ2v) is 2.92. The monoisotopic (exact) mass is 200 g/mol. The van der Waals surface area contributed by atoms with E-state index in [-0.39, 0.29) is 11.3 Å². The first kappa shape index (κ1) is 10.6. The summed E-state index contributed by atoms with van der Waals surface area (Å²) in [6.45, 7) is 0.497. The molecule has 0 aliphatic rings. The number of aryl methyl sites for hydroxylation is 1. The van der Waals surface area contributed by atoms with Gasteiger partial charge in [-0.1, -0.05) is 6.07 Å². The van der Waals surface area contributed by atoms with E-state index in [2.05, 4.69) is 4.74 Å². The standard InChI is InChI=1S/C10H10F2O2/c1-6-3-4-8(5-13)9(7(6)2)14-10(11)12/h3-5,10H,1-2H3. The van der Waals surface area contributed by atoms with E-state index in [0.717, 1.165) is 5.56 Å². The molecule has 0 unspecified atom stereocenters. The molecule has 4 heteroatoms. The molecule has 0 bridgehead atoms. The van der Waals surface area contributed by atoms with Crippen molar-refractivity contribution in [2.24, 2.45) is 0 Å². The van der Waals surface area contributed by atoms with Crippen LogP contribution in [0.4, 0.5) is 8.78 Å². The third-order valence-corrected chi connectivity index (χ3v) is 2.04. The largest absolute Gasteiger partial charge is 0.434 e. The van der Waals surface area contributed by atoms with E-state index >= 15 is 0 Å². The Balaban J connectivity index is 3.20. The predicted molar refractivity (Wildman–Crippen MR) is 47.9 cm³/mol. The van der Waals surface area contributed by atoms with Gasteiger partial charge in [0.05, 0.1) is 5.56 Å². The fraction of sp³-hybridized carbons (Fsp3) is 0.300. The summed E-state index contributed by atoms with van der Waals surface area (Å²) in [6.07, 6.45) is 0.504. The van der Waals surface area contributed by atoms with E-state index in [1.165, 1.54) is 6.07 Å². The summed E-state index contributed by atoms with van der Waals surface area (Å²) in [5.74, 6) is -0.0324. The van der Waals surface area contributed by atoms with Crippen molar-refractivity contribution in [3.05, 3.63) is 28.8 Å². The second-order valence-electron chi connectivity index (χ2n) is 2.92. The van der Waals surface area contributed by atoms with Crippen LogP contribution in [0.15, 0.2) is 12.1 Å². The lowest BCUT2D eigenvalue weighted by molar-refractivity contribution is -0.0505. The predicted octanol–water partition coefficient (Wildman–Crippen LogP) is 2.72. The van der Waals surface area contributed by atoms with Crippen LogP contribution in [-0.4, -0.2) is 12.9 Å². The number of carbonyl (C=O) groups is 1. The number of benzene rings is 1. The van der Waals surface area contributed by atoms with Crippen LogP contribution in [0.3, 0.4) is 0 Å². The Bertz CT molecular complexity index is 348. The lowest BCUT2D eigenvalue weighted by Gasteiger charge is -2.11. The number of carbonyl (C=O) groups excluding carboxylic acids is 1. The quantitative estimate of drug-likeness (QED) is 0.701. The van der Waals surface area contributed by atoms with Crippen molar-refractivity contribution >= 4 is 6.29 Å². The number of alkyl halides is 2. The highest BCUT2D eigenvalue weighted by atomic mass is 19.3. The van der Waals surface area contributed by atoms with Crippen molar-refractivity contribution in [3.63, 3.8) is 0 Å². The molecule has 76 valence electrons. The minimum atomic E-state index is -2.91. The van der Waals surface area contributed by atoms with Gasteiger partial charge in [-0.2, -0.15) is 8.78 Å². The van der Waals surface area contributed by atoms with Crippen LogP contribution in [0.2, 0.25) is 0 Å². The van der Waals surface area contributed by atoms with Crippen LogP contribution in [0.5, 0.6) is 5.75 Å². The first-order valence-corrected chi connectivity index (χ1v) is 4.06. The Morgan fingerprint density at radius 1 is 1.36 bits per heavy atom. The maximum Gasteiger partial charge on any atom is 0.387 e. The summed E-state index contributed by atoms with van der Waals surface area (Å²) >= 11 is 0. The molecule has 2 nitrogen and oxygen atoms in total. The normalized spacial score (nSPS) is 10.4. The molecule has 1 aromatic rings. The molecule has 0 aromatic heterocycles. The lowest BCUT2D eigenvalue weighted by Crippen LogP contribution is -2.06. The number of ether oxygens (including phenoxy) is 1. The number of aldehydes is 1. The summed E-state index contributed by atoms with van der Waals surface area (Å²) in [5, 5.41) is 0. The highest BCUT2D eigenvalue weighted by molar-refractivity contribution is 5.80. The van der Waals surface area contributed by atoms with Gasteiger partial charge in [0.15, 0.2) is 6.29 Å². The molecule has 1 rings (SSSR count). The molecule has 0 N–H and O–H groups in total. The minimum Gasteiger partial charge on any atom is -0.434 e. The SMILES string of the molecule is Cc1ccc(C=O)c(OC(F)F)c1C. The van der Waals surface area contributed by atoms with E-state index in [1.54, 1.807) is 19.9 Å². The van der Waals surface area contributed by atoms with E-state index in [9.17, 15) is 13.6 Å². The molecule has 0 saturated heterocycles. The molecule has 0 saturated carbocycles. The van der Waals surface area contributed by atoms with Crippen molar-refractivity contribution < 1.29 is 18.3 Å². The Morgan fingerprint density at radius 2 is 2.00 bits per heavy atom. The summed E-state index contributed by atoms with van der Waals surface area (Å²) in [5.41, 5.74) is 1.52. The molecule has 0 fully saturated rings. The highest BCUT2D eigenvalue weighted by Gasteiger charge is 2.13. The van der Waals surface area contributed by atoms with Gasteiger partial charge >= 0.3 is 6.61 Å². The second kappa shape index (κ2) is 4.17. The first-order chi connectivity index (χ1) is 6.56. The summed E-state index contributed by atoms with van der Waals surface area (Å²) in [4.78, 5) is 10.5. The average molecular weight is 200 g/mol. The Labute approximate surface area is 80.5 Å². The molecule has 0 amide bonds. The van der Waals surface area contributed by atoms with Gasteiger partial charge in [-0.3, -0.25) is 4.79 Å². The zero-order chi connectivity index (χ0) is 10.7. The van der Waals surface area contributed by atoms with Crippen LogP contribution < -0.4 is 4.74 Å². The fourth-order valence-corrected chi connectivity index (χ4v) is 1.15. The Hall–Kier alpha value is -1.45. The maximum absolute atomic E-state index is 12.0. The van der Waals surface area contributed by atoms with Crippen LogP contribution in [-0.2, 0) is 0 Å². The van der Waals surface area contributed by atoms with Crippen molar-refractivity contribution in [2.75, 3.05) is 0 Å². The molecule has 14 heavy (non-hydrogen) atoms. The van der Waals surface area contributed by atoms with Crippen LogP contribution in [0, 0.1) is 13.8 Å². The fourth-order valence-electron chi connectivity index (χ4n) is 1.15. The van der Waals surface area contributed by atoms with Crippen molar-refractivity contribution in [2.45, 2.75) is 20.5 Å². The summed E-state index contributed by atoms with van der Waals surface area (Å²) in [6, 6.07) is 3.16. The van der Waals surface area contributed by atoms with Gasteiger partial charge in [-0.05, 0) is 31.0 Å². The first-order valence-electron chi connectivity index (χ1n) is 4.06. The van der Waals surface area contributed by atoms with Crippen LogP contribution in [0.1, 0.15) is 21.5 Å². The number of halogens is 2. The van der Waals surface area contributed by atoms with E-state index < -0.39 is 6.61 Å². The van der Waals surface area contributed by atoms with Gasteiger partial charge < -0.3 is 4.74 Å².